The van der Waals surface area contributed by atoms with Crippen molar-refractivity contribution in [3.05, 3.63) is 10.7 Å². The zero-order valence-corrected chi connectivity index (χ0v) is 9.90. The summed E-state index contributed by atoms with van der Waals surface area (Å²) in [4.78, 5) is 14.3. The number of hydrogen-bond donors (Lipinski definition) is 3. The number of aromatic nitrogens is 1. The first-order valence-corrected chi connectivity index (χ1v) is 4.99. The van der Waals surface area contributed by atoms with Crippen LogP contribution in [0, 0.1) is 5.41 Å². The summed E-state index contributed by atoms with van der Waals surface area (Å²) in [6.07, 6.45) is 0. The van der Waals surface area contributed by atoms with Gasteiger partial charge in [0.1, 0.15) is 16.2 Å². The van der Waals surface area contributed by atoms with E-state index in [-0.39, 0.29) is 11.7 Å². The fourth-order valence-electron chi connectivity index (χ4n) is 0.796. The predicted molar refractivity (Wildman–Crippen MR) is 58.2 cm³/mol. The molecule has 0 bridgehead atoms. The zero-order chi connectivity index (χ0) is 10.9. The summed E-state index contributed by atoms with van der Waals surface area (Å²) < 4.78 is 0.460. The van der Waals surface area contributed by atoms with Crippen LogP contribution in [0.3, 0.4) is 0 Å². The molecular formula is C9H13BrN2O2. The van der Waals surface area contributed by atoms with Gasteiger partial charge in [-0.15, -0.1) is 0 Å². The second kappa shape index (κ2) is 3.65. The minimum absolute atomic E-state index is 0.0780. The summed E-state index contributed by atoms with van der Waals surface area (Å²) in [6, 6.07) is 1.45. The van der Waals surface area contributed by atoms with Gasteiger partial charge >= 0.3 is 0 Å². The molecule has 0 aliphatic carbocycles. The predicted octanol–water partition coefficient (Wildman–Crippen LogP) is 2.47. The van der Waals surface area contributed by atoms with Gasteiger partial charge in [-0.25, -0.2) is 0 Å². The van der Waals surface area contributed by atoms with Gasteiger partial charge in [-0.3, -0.25) is 4.79 Å². The quantitative estimate of drug-likeness (QED) is 0.727. The highest BCUT2D eigenvalue weighted by Crippen LogP contribution is 2.27. The lowest BCUT2D eigenvalue weighted by Crippen LogP contribution is -2.27. The molecule has 1 aromatic heterocycles. The molecule has 1 amide bonds. The molecule has 0 spiro atoms. The molecule has 1 heterocycles. The van der Waals surface area contributed by atoms with Gasteiger partial charge in [0.2, 0.25) is 5.91 Å². The van der Waals surface area contributed by atoms with Crippen LogP contribution >= 0.6 is 15.9 Å². The maximum atomic E-state index is 11.5. The number of H-pyrrole nitrogens is 1. The van der Waals surface area contributed by atoms with Gasteiger partial charge in [-0.05, 0) is 15.9 Å². The molecule has 1 rings (SSSR count). The van der Waals surface area contributed by atoms with Crippen LogP contribution < -0.4 is 5.32 Å². The van der Waals surface area contributed by atoms with Crippen molar-refractivity contribution in [3.8, 4) is 5.75 Å². The Morgan fingerprint density at radius 2 is 2.14 bits per heavy atom. The number of anilines is 1. The third-order valence-corrected chi connectivity index (χ3v) is 2.28. The molecule has 0 atom stereocenters. The average molecular weight is 261 g/mol. The second-order valence-electron chi connectivity index (χ2n) is 4.09. The minimum Gasteiger partial charge on any atom is -0.505 e. The Morgan fingerprint density at radius 3 is 2.50 bits per heavy atom. The van der Waals surface area contributed by atoms with E-state index in [0.29, 0.717) is 10.4 Å². The summed E-state index contributed by atoms with van der Waals surface area (Å²) in [5.74, 6) is 0.453. The first-order valence-electron chi connectivity index (χ1n) is 4.19. The Balaban J connectivity index is 2.75. The molecule has 4 nitrogen and oxygen atoms in total. The zero-order valence-electron chi connectivity index (χ0n) is 8.31. The second-order valence-corrected chi connectivity index (χ2v) is 4.88. The van der Waals surface area contributed by atoms with Crippen molar-refractivity contribution in [2.24, 2.45) is 5.41 Å². The van der Waals surface area contributed by atoms with Crippen molar-refractivity contribution in [2.75, 3.05) is 5.32 Å². The van der Waals surface area contributed by atoms with Crippen molar-refractivity contribution in [1.82, 2.24) is 4.98 Å². The van der Waals surface area contributed by atoms with E-state index >= 15 is 0 Å². The fraction of sp³-hybridized carbons (Fsp3) is 0.444. The van der Waals surface area contributed by atoms with E-state index in [9.17, 15) is 9.90 Å². The van der Waals surface area contributed by atoms with Gasteiger partial charge in [0, 0.05) is 11.5 Å². The smallest absolute Gasteiger partial charge is 0.230 e. The van der Waals surface area contributed by atoms with Crippen LogP contribution in [0.15, 0.2) is 10.7 Å². The molecule has 0 fully saturated rings. The Labute approximate surface area is 90.8 Å². The van der Waals surface area contributed by atoms with Crippen LogP contribution in [0.2, 0.25) is 0 Å². The highest BCUT2D eigenvalue weighted by molar-refractivity contribution is 9.10. The van der Waals surface area contributed by atoms with Gasteiger partial charge in [0.05, 0.1) is 0 Å². The average Bonchev–Trinajstić information content (AvgIpc) is 2.29. The molecule has 0 aliphatic heterocycles. The molecule has 5 heteroatoms. The summed E-state index contributed by atoms with van der Waals surface area (Å²) in [5, 5.41) is 11.9. The number of hydrogen-bond acceptors (Lipinski definition) is 2. The lowest BCUT2D eigenvalue weighted by atomic mass is 9.96. The number of halogens is 1. The minimum atomic E-state index is -0.451. The number of amides is 1. The summed E-state index contributed by atoms with van der Waals surface area (Å²) in [5.41, 5.74) is -0.451. The first kappa shape index (κ1) is 11.1. The molecule has 14 heavy (non-hydrogen) atoms. The molecule has 0 aliphatic rings. The Morgan fingerprint density at radius 1 is 1.57 bits per heavy atom. The van der Waals surface area contributed by atoms with Gasteiger partial charge in [-0.2, -0.15) is 0 Å². The van der Waals surface area contributed by atoms with E-state index in [1.165, 1.54) is 6.07 Å². The topological polar surface area (TPSA) is 65.1 Å². The molecule has 78 valence electrons. The largest absolute Gasteiger partial charge is 0.505 e. The number of carbonyl (C=O) groups is 1. The van der Waals surface area contributed by atoms with E-state index < -0.39 is 5.41 Å². The van der Waals surface area contributed by atoms with E-state index in [2.05, 4.69) is 26.2 Å². The summed E-state index contributed by atoms with van der Waals surface area (Å²) >= 11 is 3.10. The van der Waals surface area contributed by atoms with E-state index in [1.807, 2.05) is 20.8 Å². The first-order chi connectivity index (χ1) is 6.30. The Hall–Kier alpha value is -0.970. The monoisotopic (exact) mass is 260 g/mol. The highest BCUT2D eigenvalue weighted by Gasteiger charge is 2.21. The normalized spacial score (nSPS) is 11.4. The molecule has 0 saturated heterocycles. The van der Waals surface area contributed by atoms with Crippen molar-refractivity contribution in [1.29, 1.82) is 0 Å². The third kappa shape index (κ3) is 2.51. The van der Waals surface area contributed by atoms with Crippen LogP contribution in [-0.2, 0) is 4.79 Å². The van der Waals surface area contributed by atoms with Crippen molar-refractivity contribution >= 4 is 27.7 Å². The lowest BCUT2D eigenvalue weighted by molar-refractivity contribution is -0.123. The van der Waals surface area contributed by atoms with E-state index in [1.54, 1.807) is 0 Å². The van der Waals surface area contributed by atoms with Gasteiger partial charge in [-0.1, -0.05) is 20.8 Å². The standard InChI is InChI=1S/C9H13BrN2O2/c1-9(2,3)8(14)12-6-4-5(13)7(10)11-6/h4,11,13H,1-3H3,(H,12,14). The number of rotatable bonds is 1. The van der Waals surface area contributed by atoms with E-state index in [4.69, 9.17) is 0 Å². The lowest BCUT2D eigenvalue weighted by Gasteiger charge is -2.16. The molecule has 0 aromatic carbocycles. The number of aromatic amines is 1. The van der Waals surface area contributed by atoms with Gasteiger partial charge in [0.15, 0.2) is 0 Å². The fourth-order valence-corrected chi connectivity index (χ4v) is 1.12. The summed E-state index contributed by atoms with van der Waals surface area (Å²) in [7, 11) is 0. The Bertz CT molecular complexity index is 333. The van der Waals surface area contributed by atoms with E-state index in [0.717, 1.165) is 0 Å². The molecule has 0 saturated carbocycles. The SMILES string of the molecule is CC(C)(C)C(=O)Nc1cc(O)c(Br)[nH]1. The molecular weight excluding hydrogens is 248 g/mol. The van der Waals surface area contributed by atoms with Crippen molar-refractivity contribution in [2.45, 2.75) is 20.8 Å². The van der Waals surface area contributed by atoms with Crippen LogP contribution in [-0.4, -0.2) is 16.0 Å². The summed E-state index contributed by atoms with van der Waals surface area (Å²) in [6.45, 7) is 5.46. The molecule has 0 unspecified atom stereocenters. The maximum absolute atomic E-state index is 11.5. The van der Waals surface area contributed by atoms with Crippen LogP contribution in [0.25, 0.3) is 0 Å². The molecule has 1 aromatic rings. The molecule has 0 radical (unpaired) electrons. The van der Waals surface area contributed by atoms with Crippen LogP contribution in [0.5, 0.6) is 5.75 Å². The highest BCUT2D eigenvalue weighted by atomic mass is 79.9. The van der Waals surface area contributed by atoms with Crippen molar-refractivity contribution in [3.63, 3.8) is 0 Å². The number of nitrogens with one attached hydrogen (secondary N) is 2. The Kier molecular flexibility index (Phi) is 2.89. The van der Waals surface area contributed by atoms with Crippen LogP contribution in [0.4, 0.5) is 5.82 Å². The van der Waals surface area contributed by atoms with Crippen LogP contribution in [0.1, 0.15) is 20.8 Å². The number of aromatic hydroxyl groups is 1. The van der Waals surface area contributed by atoms with Gasteiger partial charge in [0.25, 0.3) is 0 Å². The molecule has 3 N–H and O–H groups in total. The number of carbonyl (C=O) groups excluding carboxylic acids is 1. The maximum Gasteiger partial charge on any atom is 0.230 e. The van der Waals surface area contributed by atoms with Crippen molar-refractivity contribution < 1.29 is 9.90 Å². The van der Waals surface area contributed by atoms with Gasteiger partial charge < -0.3 is 15.4 Å². The third-order valence-electron chi connectivity index (χ3n) is 1.68.